The highest BCUT2D eigenvalue weighted by atomic mass is 35.5. The van der Waals surface area contributed by atoms with Crippen LogP contribution in [0.5, 0.6) is 0 Å². The quantitative estimate of drug-likeness (QED) is 0.612. The van der Waals surface area contributed by atoms with Crippen LogP contribution in [0.4, 0.5) is 5.13 Å². The van der Waals surface area contributed by atoms with Crippen LogP contribution in [0.3, 0.4) is 0 Å². The number of hydrogen-bond acceptors (Lipinski definition) is 4. The third-order valence-corrected chi connectivity index (χ3v) is 1.79. The summed E-state index contributed by atoms with van der Waals surface area (Å²) in [6.07, 6.45) is 0. The molecule has 1 aromatic heterocycles. The molecule has 0 atom stereocenters. The molecule has 1 heterocycles. The molecule has 0 aliphatic rings. The summed E-state index contributed by atoms with van der Waals surface area (Å²) in [5.74, 6) is 0. The lowest BCUT2D eigenvalue weighted by molar-refractivity contribution is 1.29. The second-order valence-corrected chi connectivity index (χ2v) is 2.64. The van der Waals surface area contributed by atoms with Crippen molar-refractivity contribution >= 4 is 28.1 Å². The van der Waals surface area contributed by atoms with Crippen molar-refractivity contribution in [2.75, 3.05) is 5.73 Å². The average molecular weight is 163 g/mol. The molecule has 0 amide bonds. The highest BCUT2D eigenvalue weighted by Crippen LogP contribution is 2.07. The van der Waals surface area contributed by atoms with Gasteiger partial charge in [-0.15, -0.1) is 11.3 Å². The zero-order valence-electron chi connectivity index (χ0n) is 4.30. The van der Waals surface area contributed by atoms with Crippen LogP contribution in [0, 0.1) is 0 Å². The summed E-state index contributed by atoms with van der Waals surface area (Å²) >= 11 is 6.50. The highest BCUT2D eigenvalue weighted by molar-refractivity contribution is 7.13. The molecule has 3 nitrogen and oxygen atoms in total. The molecule has 0 bridgehead atoms. The fourth-order valence-corrected chi connectivity index (χ4v) is 0.979. The topological polar surface area (TPSA) is 56.0 Å². The number of aromatic nitrogens is 1. The fraction of sp³-hybridized carbons (Fsp3) is 0. The average Bonchev–Trinajstić information content (AvgIpc) is 1.80. The summed E-state index contributed by atoms with van der Waals surface area (Å²) in [5.41, 5.74) is 4.71. The predicted molar refractivity (Wildman–Crippen MR) is 37.8 cm³/mol. The van der Waals surface area contributed by atoms with E-state index in [0.717, 1.165) is 11.3 Å². The minimum absolute atomic E-state index is 0.120. The molecule has 5 heteroatoms. The third-order valence-electron chi connectivity index (χ3n) is 0.699. The van der Waals surface area contributed by atoms with Gasteiger partial charge >= 0.3 is 0 Å². The van der Waals surface area contributed by atoms with Crippen molar-refractivity contribution in [3.63, 3.8) is 0 Å². The maximum atomic E-state index is 10.5. The second kappa shape index (κ2) is 2.33. The number of nitrogen functional groups attached to an aromatic ring is 1. The van der Waals surface area contributed by atoms with Crippen LogP contribution < -0.4 is 11.3 Å². The third kappa shape index (κ3) is 1.40. The smallest absolute Gasteiger partial charge is 0.291 e. The van der Waals surface area contributed by atoms with Crippen molar-refractivity contribution in [1.82, 2.24) is 4.98 Å². The Morgan fingerprint density at radius 1 is 1.78 bits per heavy atom. The molecule has 2 N–H and O–H groups in total. The van der Waals surface area contributed by atoms with Gasteiger partial charge in [0.25, 0.3) is 5.56 Å². The van der Waals surface area contributed by atoms with Gasteiger partial charge < -0.3 is 5.73 Å². The van der Waals surface area contributed by atoms with Gasteiger partial charge in [-0.2, -0.15) is 4.98 Å². The van der Waals surface area contributed by atoms with E-state index in [1.165, 1.54) is 5.38 Å². The molecule has 48 valence electrons. The van der Waals surface area contributed by atoms with Crippen molar-refractivity contribution in [3.05, 3.63) is 20.8 Å². The van der Waals surface area contributed by atoms with Crippen LogP contribution in [0.25, 0.3) is 0 Å². The molecule has 0 saturated carbocycles. The Morgan fingerprint density at radius 3 is 2.89 bits per heavy atom. The van der Waals surface area contributed by atoms with E-state index < -0.39 is 5.56 Å². The summed E-state index contributed by atoms with van der Waals surface area (Å²) in [7, 11) is 0. The lowest BCUT2D eigenvalue weighted by Crippen LogP contribution is -2.06. The molecule has 0 aromatic carbocycles. The maximum absolute atomic E-state index is 10.5. The van der Waals surface area contributed by atoms with Gasteiger partial charge in [-0.1, -0.05) is 11.6 Å². The van der Waals surface area contributed by atoms with Gasteiger partial charge in [0.2, 0.25) is 0 Å². The van der Waals surface area contributed by atoms with E-state index in [1.54, 1.807) is 0 Å². The van der Waals surface area contributed by atoms with Crippen LogP contribution in [0.2, 0.25) is 5.02 Å². The normalized spacial score (nSPS) is 9.44. The van der Waals surface area contributed by atoms with Crippen molar-refractivity contribution in [1.29, 1.82) is 0 Å². The van der Waals surface area contributed by atoms with E-state index in [2.05, 4.69) is 4.98 Å². The molecular weight excluding hydrogens is 160 g/mol. The van der Waals surface area contributed by atoms with Gasteiger partial charge in [0.05, 0.1) is 0 Å². The summed E-state index contributed by atoms with van der Waals surface area (Å²) < 4.78 is 0. The zero-order chi connectivity index (χ0) is 6.85. The monoisotopic (exact) mass is 162 g/mol. The van der Waals surface area contributed by atoms with Gasteiger partial charge in [0, 0.05) is 5.38 Å². The summed E-state index contributed by atoms with van der Waals surface area (Å²) in [6, 6.07) is 0. The van der Waals surface area contributed by atoms with Crippen molar-refractivity contribution < 1.29 is 0 Å². The van der Waals surface area contributed by atoms with Crippen LogP contribution >= 0.6 is 22.9 Å². The Bertz CT molecular complexity index is 272. The standard InChI is InChI=1S/C4H3ClN2OS/c5-2-1-9-4(6)7-3(2)8/h1H,(H2,6,7,8). The Morgan fingerprint density at radius 2 is 2.44 bits per heavy atom. The Labute approximate surface area is 60.1 Å². The number of nitrogens with two attached hydrogens (primary N) is 1. The van der Waals surface area contributed by atoms with Crippen molar-refractivity contribution in [2.45, 2.75) is 0 Å². The lowest BCUT2D eigenvalue weighted by atomic mass is 10.7. The minimum Gasteiger partial charge on any atom is -0.375 e. The summed E-state index contributed by atoms with van der Waals surface area (Å²) in [4.78, 5) is 13.9. The van der Waals surface area contributed by atoms with E-state index in [-0.39, 0.29) is 10.2 Å². The maximum Gasteiger partial charge on any atom is 0.291 e. The first kappa shape index (κ1) is 6.51. The molecule has 0 unspecified atom stereocenters. The van der Waals surface area contributed by atoms with E-state index in [9.17, 15) is 4.79 Å². The molecule has 0 aliphatic heterocycles. The Hall–Kier alpha value is -0.610. The molecular formula is C4H3ClN2OS. The van der Waals surface area contributed by atoms with E-state index in [1.807, 2.05) is 0 Å². The Balaban J connectivity index is 3.34. The Kier molecular flexibility index (Phi) is 1.68. The SMILES string of the molecule is Nc1nc(=O)c(Cl)cs1. The molecule has 1 rings (SSSR count). The first-order chi connectivity index (χ1) is 4.20. The molecule has 1 aromatic rings. The van der Waals surface area contributed by atoms with Crippen LogP contribution in [0.15, 0.2) is 10.2 Å². The number of hydrogen-bond donors (Lipinski definition) is 1. The second-order valence-electron chi connectivity index (χ2n) is 1.34. The number of rotatable bonds is 0. The number of anilines is 1. The van der Waals surface area contributed by atoms with Gasteiger partial charge in [0.1, 0.15) is 5.02 Å². The van der Waals surface area contributed by atoms with E-state index in [4.69, 9.17) is 17.3 Å². The van der Waals surface area contributed by atoms with Crippen LogP contribution in [0.1, 0.15) is 0 Å². The van der Waals surface area contributed by atoms with Crippen LogP contribution in [-0.2, 0) is 0 Å². The molecule has 0 saturated heterocycles. The van der Waals surface area contributed by atoms with Gasteiger partial charge in [-0.25, -0.2) is 0 Å². The highest BCUT2D eigenvalue weighted by Gasteiger charge is 1.94. The first-order valence-corrected chi connectivity index (χ1v) is 3.37. The van der Waals surface area contributed by atoms with Gasteiger partial charge in [-0.3, -0.25) is 4.79 Å². The predicted octanol–water partition coefficient (Wildman–Crippen LogP) is 0.739. The largest absolute Gasteiger partial charge is 0.375 e. The van der Waals surface area contributed by atoms with Gasteiger partial charge in [-0.05, 0) is 0 Å². The van der Waals surface area contributed by atoms with Crippen molar-refractivity contribution in [3.8, 4) is 0 Å². The molecule has 0 spiro atoms. The van der Waals surface area contributed by atoms with Gasteiger partial charge in [0.15, 0.2) is 5.13 Å². The van der Waals surface area contributed by atoms with Crippen molar-refractivity contribution in [2.24, 2.45) is 0 Å². The van der Waals surface area contributed by atoms with E-state index >= 15 is 0 Å². The first-order valence-electron chi connectivity index (χ1n) is 2.11. The summed E-state index contributed by atoms with van der Waals surface area (Å²) in [5, 5.41) is 1.82. The lowest BCUT2D eigenvalue weighted by Gasteiger charge is -1.85. The number of nitrogens with zero attached hydrogens (tertiary/aromatic N) is 1. The molecule has 0 radical (unpaired) electrons. The number of halogens is 1. The molecule has 9 heavy (non-hydrogen) atoms. The van der Waals surface area contributed by atoms with E-state index in [0.29, 0.717) is 0 Å². The molecule has 0 fully saturated rings. The zero-order valence-corrected chi connectivity index (χ0v) is 5.87. The van der Waals surface area contributed by atoms with Crippen LogP contribution in [-0.4, -0.2) is 4.98 Å². The fourth-order valence-electron chi connectivity index (χ4n) is 0.342. The summed E-state index contributed by atoms with van der Waals surface area (Å²) in [6.45, 7) is 0. The molecule has 0 aliphatic carbocycles. The minimum atomic E-state index is -0.465.